The summed E-state index contributed by atoms with van der Waals surface area (Å²) in [6.07, 6.45) is 5.96. The van der Waals surface area contributed by atoms with E-state index in [9.17, 15) is 0 Å². The minimum Gasteiger partial charge on any atom is -0.497 e. The maximum absolute atomic E-state index is 5.55. The average molecular weight is 330 g/mol. The van der Waals surface area contributed by atoms with E-state index in [1.807, 2.05) is 12.1 Å². The van der Waals surface area contributed by atoms with Gasteiger partial charge in [-0.2, -0.15) is 0 Å². The predicted octanol–water partition coefficient (Wildman–Crippen LogP) is 3.01. The lowest BCUT2D eigenvalue weighted by atomic mass is 9.93. The van der Waals surface area contributed by atoms with E-state index in [2.05, 4.69) is 15.9 Å². The zero-order valence-corrected chi connectivity index (χ0v) is 15.0. The van der Waals surface area contributed by atoms with Crippen LogP contribution in [0.3, 0.4) is 0 Å². The van der Waals surface area contributed by atoms with Crippen molar-refractivity contribution in [3.8, 4) is 11.5 Å². The van der Waals surface area contributed by atoms with Crippen molar-refractivity contribution in [3.05, 3.63) is 23.8 Å². The molecule has 0 amide bonds. The Hall–Kier alpha value is -1.26. The number of ether oxygens (including phenoxy) is 2. The molecule has 132 valence electrons. The summed E-state index contributed by atoms with van der Waals surface area (Å²) in [4.78, 5) is 5.35. The van der Waals surface area contributed by atoms with Crippen molar-refractivity contribution in [2.24, 2.45) is 11.8 Å². The fraction of sp³-hybridized carbons (Fsp3) is 0.700. The topological polar surface area (TPSA) is 24.9 Å². The highest BCUT2D eigenvalue weighted by Crippen LogP contribution is 2.46. The molecule has 1 heterocycles. The van der Waals surface area contributed by atoms with E-state index in [-0.39, 0.29) is 0 Å². The molecule has 3 fully saturated rings. The van der Waals surface area contributed by atoms with Gasteiger partial charge < -0.3 is 9.47 Å². The van der Waals surface area contributed by atoms with Gasteiger partial charge in [0.1, 0.15) is 11.5 Å². The third kappa shape index (κ3) is 3.14. The number of rotatable bonds is 5. The third-order valence-corrected chi connectivity index (χ3v) is 6.46. The van der Waals surface area contributed by atoms with Gasteiger partial charge in [0.15, 0.2) is 0 Å². The number of hydrogen-bond acceptors (Lipinski definition) is 4. The Morgan fingerprint density at radius 3 is 2.46 bits per heavy atom. The Balaban J connectivity index is 1.33. The minimum absolute atomic E-state index is 0.858. The molecule has 2 saturated carbocycles. The van der Waals surface area contributed by atoms with Crippen molar-refractivity contribution in [1.29, 1.82) is 0 Å². The number of nitrogens with zero attached hydrogens (tertiary/aromatic N) is 2. The number of fused-ring (bicyclic) bond motifs is 2. The van der Waals surface area contributed by atoms with Gasteiger partial charge in [-0.15, -0.1) is 0 Å². The van der Waals surface area contributed by atoms with Crippen LogP contribution in [0.2, 0.25) is 0 Å². The van der Waals surface area contributed by atoms with Crippen molar-refractivity contribution < 1.29 is 9.47 Å². The summed E-state index contributed by atoms with van der Waals surface area (Å²) in [6.45, 7) is 5.77. The van der Waals surface area contributed by atoms with Gasteiger partial charge >= 0.3 is 0 Å². The molecule has 0 unspecified atom stereocenters. The minimum atomic E-state index is 0.858. The van der Waals surface area contributed by atoms with Crippen LogP contribution in [0.5, 0.6) is 11.5 Å². The number of benzene rings is 1. The molecule has 2 aliphatic carbocycles. The smallest absolute Gasteiger partial charge is 0.127 e. The first-order valence-electron chi connectivity index (χ1n) is 9.44. The Morgan fingerprint density at radius 1 is 1.00 bits per heavy atom. The number of hydrogen-bond donors (Lipinski definition) is 0. The molecule has 4 rings (SSSR count). The Bertz CT molecular complexity index is 569. The quantitative estimate of drug-likeness (QED) is 0.828. The molecule has 1 aromatic carbocycles. The molecule has 0 spiro atoms. The van der Waals surface area contributed by atoms with E-state index in [1.54, 1.807) is 14.2 Å². The SMILES string of the molecule is COc1ccc(CN2CCN([C@H]3C[C@H]4CC[C@H]3C4)CC2)c(OC)c1. The molecule has 1 aromatic rings. The standard InChI is InChI=1S/C20H30N2O2/c1-23-18-6-5-17(20(13-18)24-2)14-21-7-9-22(10-8-21)19-12-15-3-4-16(19)11-15/h5-6,13,15-16,19H,3-4,7-12,14H2,1-2H3/t15-,16-,19-/m0/s1. The molecule has 0 aromatic heterocycles. The van der Waals surface area contributed by atoms with Crippen LogP contribution in [0.1, 0.15) is 31.2 Å². The van der Waals surface area contributed by atoms with E-state index in [1.165, 1.54) is 57.4 Å². The van der Waals surface area contributed by atoms with Crippen LogP contribution in [0.15, 0.2) is 18.2 Å². The first-order chi connectivity index (χ1) is 11.8. The van der Waals surface area contributed by atoms with Gasteiger partial charge in [-0.05, 0) is 37.2 Å². The zero-order chi connectivity index (χ0) is 16.5. The van der Waals surface area contributed by atoms with Crippen LogP contribution < -0.4 is 9.47 Å². The van der Waals surface area contributed by atoms with Gasteiger partial charge in [0, 0.05) is 50.4 Å². The average Bonchev–Trinajstić information content (AvgIpc) is 3.26. The Kier molecular flexibility index (Phi) is 4.68. The van der Waals surface area contributed by atoms with Gasteiger partial charge in [-0.3, -0.25) is 9.80 Å². The number of piperazine rings is 1. The monoisotopic (exact) mass is 330 g/mol. The lowest BCUT2D eigenvalue weighted by molar-refractivity contribution is 0.0676. The van der Waals surface area contributed by atoms with Crippen molar-refractivity contribution >= 4 is 0 Å². The highest BCUT2D eigenvalue weighted by Gasteiger charge is 2.42. The summed E-state index contributed by atoms with van der Waals surface area (Å²) < 4.78 is 10.8. The van der Waals surface area contributed by atoms with Crippen molar-refractivity contribution in [2.75, 3.05) is 40.4 Å². The van der Waals surface area contributed by atoms with E-state index in [4.69, 9.17) is 9.47 Å². The summed E-state index contributed by atoms with van der Waals surface area (Å²) in [7, 11) is 3.44. The van der Waals surface area contributed by atoms with Crippen LogP contribution in [0, 0.1) is 11.8 Å². The molecule has 0 radical (unpaired) electrons. The Labute approximate surface area is 145 Å². The third-order valence-electron chi connectivity index (χ3n) is 6.46. The first kappa shape index (κ1) is 16.2. The van der Waals surface area contributed by atoms with Crippen LogP contribution >= 0.6 is 0 Å². The van der Waals surface area contributed by atoms with Crippen LogP contribution in [0.25, 0.3) is 0 Å². The van der Waals surface area contributed by atoms with Crippen molar-refractivity contribution in [1.82, 2.24) is 9.80 Å². The summed E-state index contributed by atoms with van der Waals surface area (Å²) in [5, 5.41) is 0. The molecular formula is C20H30N2O2. The van der Waals surface area contributed by atoms with E-state index < -0.39 is 0 Å². The van der Waals surface area contributed by atoms with Crippen molar-refractivity contribution in [2.45, 2.75) is 38.3 Å². The van der Waals surface area contributed by atoms with Gasteiger partial charge in [-0.1, -0.05) is 12.5 Å². The van der Waals surface area contributed by atoms with Crippen LogP contribution in [0.4, 0.5) is 0 Å². The van der Waals surface area contributed by atoms with E-state index in [0.29, 0.717) is 0 Å². The number of methoxy groups -OCH3 is 2. The van der Waals surface area contributed by atoms with Gasteiger partial charge in [0.2, 0.25) is 0 Å². The molecule has 4 nitrogen and oxygen atoms in total. The molecule has 1 aliphatic heterocycles. The van der Waals surface area contributed by atoms with Crippen LogP contribution in [-0.4, -0.2) is 56.2 Å². The highest BCUT2D eigenvalue weighted by molar-refractivity contribution is 5.40. The molecule has 3 atom stereocenters. The summed E-state index contributed by atoms with van der Waals surface area (Å²) >= 11 is 0. The van der Waals surface area contributed by atoms with E-state index in [0.717, 1.165) is 35.9 Å². The maximum atomic E-state index is 5.55. The van der Waals surface area contributed by atoms with Gasteiger partial charge in [-0.25, -0.2) is 0 Å². The summed E-state index contributed by atoms with van der Waals surface area (Å²) in [6, 6.07) is 7.05. The highest BCUT2D eigenvalue weighted by atomic mass is 16.5. The fourth-order valence-electron chi connectivity index (χ4n) is 5.13. The second-order valence-electron chi connectivity index (χ2n) is 7.73. The summed E-state index contributed by atoms with van der Waals surface area (Å²) in [5.74, 6) is 3.84. The Morgan fingerprint density at radius 2 is 1.83 bits per heavy atom. The van der Waals surface area contributed by atoms with Crippen LogP contribution in [-0.2, 0) is 6.54 Å². The zero-order valence-electron chi connectivity index (χ0n) is 15.0. The molecule has 0 N–H and O–H groups in total. The second kappa shape index (κ2) is 6.93. The molecule has 1 saturated heterocycles. The van der Waals surface area contributed by atoms with Gasteiger partial charge in [0.25, 0.3) is 0 Å². The maximum Gasteiger partial charge on any atom is 0.127 e. The normalized spacial score (nSPS) is 30.7. The molecule has 4 heteroatoms. The second-order valence-corrected chi connectivity index (χ2v) is 7.73. The predicted molar refractivity (Wildman–Crippen MR) is 95.6 cm³/mol. The van der Waals surface area contributed by atoms with Gasteiger partial charge in [0.05, 0.1) is 14.2 Å². The fourth-order valence-corrected chi connectivity index (χ4v) is 5.13. The molecule has 3 aliphatic rings. The molecular weight excluding hydrogens is 300 g/mol. The lowest BCUT2D eigenvalue weighted by Gasteiger charge is -2.41. The molecule has 2 bridgehead atoms. The van der Waals surface area contributed by atoms with E-state index >= 15 is 0 Å². The largest absolute Gasteiger partial charge is 0.497 e. The lowest BCUT2D eigenvalue weighted by Crippen LogP contribution is -2.51. The van der Waals surface area contributed by atoms with Crippen molar-refractivity contribution in [3.63, 3.8) is 0 Å². The summed E-state index contributed by atoms with van der Waals surface area (Å²) in [5.41, 5.74) is 1.26. The molecule has 24 heavy (non-hydrogen) atoms. The first-order valence-corrected chi connectivity index (χ1v) is 9.44.